The molecule has 0 saturated heterocycles. The van der Waals surface area contributed by atoms with Crippen LogP contribution in [0.3, 0.4) is 0 Å². The van der Waals surface area contributed by atoms with Crippen LogP contribution < -0.4 is 5.32 Å². The minimum atomic E-state index is -3.53. The zero-order chi connectivity index (χ0) is 16.0. The van der Waals surface area contributed by atoms with Gasteiger partial charge in [0, 0.05) is 20.3 Å². The number of unbranched alkanes of at least 4 members (excludes halogenated alkanes) is 1. The second-order valence-corrected chi connectivity index (χ2v) is 7.00. The van der Waals surface area contributed by atoms with Gasteiger partial charge >= 0.3 is 5.97 Å². The summed E-state index contributed by atoms with van der Waals surface area (Å²) in [7, 11) is -0.651. The van der Waals surface area contributed by atoms with Crippen LogP contribution in [-0.2, 0) is 14.8 Å². The fourth-order valence-electron chi connectivity index (χ4n) is 1.67. The van der Waals surface area contributed by atoms with E-state index in [1.807, 2.05) is 6.92 Å². The maximum atomic E-state index is 11.9. The Morgan fingerprint density at radius 3 is 2.52 bits per heavy atom. The summed E-state index contributed by atoms with van der Waals surface area (Å²) in [6, 6.07) is 2.15. The zero-order valence-corrected chi connectivity index (χ0v) is 13.2. The van der Waals surface area contributed by atoms with E-state index in [2.05, 4.69) is 10.3 Å². The molecule has 8 heteroatoms. The van der Waals surface area contributed by atoms with Crippen molar-refractivity contribution in [2.75, 3.05) is 19.4 Å². The smallest absolute Gasteiger partial charge is 0.326 e. The highest BCUT2D eigenvalue weighted by molar-refractivity contribution is 7.89. The molecule has 0 aliphatic carbocycles. The number of sulfonamides is 1. The maximum Gasteiger partial charge on any atom is 0.326 e. The first kappa shape index (κ1) is 17.4. The Balaban J connectivity index is 2.85. The number of nitrogens with zero attached hydrogens (tertiary/aromatic N) is 2. The third kappa shape index (κ3) is 4.68. The van der Waals surface area contributed by atoms with Gasteiger partial charge in [-0.05, 0) is 18.6 Å². The first-order chi connectivity index (χ1) is 9.78. The summed E-state index contributed by atoms with van der Waals surface area (Å²) in [5, 5.41) is 11.9. The zero-order valence-electron chi connectivity index (χ0n) is 12.4. The fourth-order valence-corrected chi connectivity index (χ4v) is 2.52. The number of carboxylic acids is 1. The molecule has 0 amide bonds. The number of anilines is 1. The third-order valence-electron chi connectivity index (χ3n) is 2.98. The Bertz CT molecular complexity index is 570. The van der Waals surface area contributed by atoms with E-state index in [9.17, 15) is 13.2 Å². The number of pyridine rings is 1. The van der Waals surface area contributed by atoms with E-state index in [0.29, 0.717) is 12.2 Å². The van der Waals surface area contributed by atoms with E-state index in [0.717, 1.165) is 17.1 Å². The molecule has 0 aliphatic rings. The van der Waals surface area contributed by atoms with Gasteiger partial charge in [0.15, 0.2) is 0 Å². The topological polar surface area (TPSA) is 99.6 Å². The standard InChI is InChI=1S/C13H21N3O4S/c1-4-5-6-11(13(17)18)15-12-8-7-10(9-14-12)21(19,20)16(2)3/h7-9,11H,4-6H2,1-3H3,(H,14,15)(H,17,18). The summed E-state index contributed by atoms with van der Waals surface area (Å²) < 4.78 is 24.9. The number of nitrogens with one attached hydrogen (secondary N) is 1. The Labute approximate surface area is 125 Å². The molecule has 7 nitrogen and oxygen atoms in total. The quantitative estimate of drug-likeness (QED) is 0.752. The van der Waals surface area contributed by atoms with Crippen LogP contribution in [0.4, 0.5) is 5.82 Å². The lowest BCUT2D eigenvalue weighted by Gasteiger charge is -2.15. The van der Waals surface area contributed by atoms with Crippen molar-refractivity contribution in [3.05, 3.63) is 18.3 Å². The summed E-state index contributed by atoms with van der Waals surface area (Å²) in [6.07, 6.45) is 3.40. The van der Waals surface area contributed by atoms with Gasteiger partial charge in [0.25, 0.3) is 0 Å². The largest absolute Gasteiger partial charge is 0.480 e. The number of rotatable bonds is 8. The van der Waals surface area contributed by atoms with Crippen LogP contribution in [0.1, 0.15) is 26.2 Å². The highest BCUT2D eigenvalue weighted by atomic mass is 32.2. The molecule has 1 atom stereocenters. The summed E-state index contributed by atoms with van der Waals surface area (Å²) in [6.45, 7) is 1.98. The SMILES string of the molecule is CCCCC(Nc1ccc(S(=O)(=O)N(C)C)cn1)C(=O)O. The van der Waals surface area contributed by atoms with Gasteiger partial charge < -0.3 is 10.4 Å². The molecule has 0 bridgehead atoms. The van der Waals surface area contributed by atoms with Gasteiger partial charge in [-0.25, -0.2) is 22.5 Å². The van der Waals surface area contributed by atoms with Crippen molar-refractivity contribution in [2.45, 2.75) is 37.1 Å². The van der Waals surface area contributed by atoms with E-state index in [4.69, 9.17) is 5.11 Å². The van der Waals surface area contributed by atoms with Crippen LogP contribution >= 0.6 is 0 Å². The third-order valence-corrected chi connectivity index (χ3v) is 4.78. The van der Waals surface area contributed by atoms with Gasteiger partial charge in [0.05, 0.1) is 0 Å². The second kappa shape index (κ2) is 7.37. The van der Waals surface area contributed by atoms with E-state index in [1.54, 1.807) is 0 Å². The molecule has 0 saturated carbocycles. The molecule has 0 aliphatic heterocycles. The molecule has 1 aromatic rings. The van der Waals surface area contributed by atoms with Crippen LogP contribution in [0.5, 0.6) is 0 Å². The molecule has 0 fully saturated rings. The highest BCUT2D eigenvalue weighted by Crippen LogP contribution is 2.15. The number of hydrogen-bond donors (Lipinski definition) is 2. The van der Waals surface area contributed by atoms with Crippen LogP contribution in [0.15, 0.2) is 23.2 Å². The molecule has 1 heterocycles. The van der Waals surface area contributed by atoms with Gasteiger partial charge in [-0.2, -0.15) is 0 Å². The predicted octanol–water partition coefficient (Wildman–Crippen LogP) is 1.39. The Hall–Kier alpha value is -1.67. The van der Waals surface area contributed by atoms with Crippen LogP contribution in [-0.4, -0.2) is 48.9 Å². The Morgan fingerprint density at radius 2 is 2.10 bits per heavy atom. The molecule has 2 N–H and O–H groups in total. The van der Waals surface area contributed by atoms with E-state index >= 15 is 0 Å². The van der Waals surface area contributed by atoms with E-state index in [1.165, 1.54) is 32.4 Å². The second-order valence-electron chi connectivity index (χ2n) is 4.84. The van der Waals surface area contributed by atoms with Crippen LogP contribution in [0.25, 0.3) is 0 Å². The van der Waals surface area contributed by atoms with Crippen LogP contribution in [0, 0.1) is 0 Å². The van der Waals surface area contributed by atoms with Gasteiger partial charge in [0.2, 0.25) is 10.0 Å². The van der Waals surface area contributed by atoms with E-state index in [-0.39, 0.29) is 4.90 Å². The van der Waals surface area contributed by atoms with Crippen molar-refractivity contribution in [1.82, 2.24) is 9.29 Å². The Morgan fingerprint density at radius 1 is 1.43 bits per heavy atom. The lowest BCUT2D eigenvalue weighted by Crippen LogP contribution is -2.29. The average molecular weight is 315 g/mol. The van der Waals surface area contributed by atoms with Crippen molar-refractivity contribution in [1.29, 1.82) is 0 Å². The highest BCUT2D eigenvalue weighted by Gasteiger charge is 2.19. The molecular formula is C13H21N3O4S. The van der Waals surface area contributed by atoms with Gasteiger partial charge in [-0.1, -0.05) is 19.8 Å². The molecule has 118 valence electrons. The minimum Gasteiger partial charge on any atom is -0.480 e. The first-order valence-corrected chi connectivity index (χ1v) is 8.11. The molecular weight excluding hydrogens is 294 g/mol. The van der Waals surface area contributed by atoms with Crippen molar-refractivity contribution in [2.24, 2.45) is 0 Å². The van der Waals surface area contributed by atoms with Gasteiger partial charge in [0.1, 0.15) is 16.8 Å². The fraction of sp³-hybridized carbons (Fsp3) is 0.538. The van der Waals surface area contributed by atoms with Crippen LogP contribution in [0.2, 0.25) is 0 Å². The average Bonchev–Trinajstić information content (AvgIpc) is 2.43. The first-order valence-electron chi connectivity index (χ1n) is 6.67. The predicted molar refractivity (Wildman–Crippen MR) is 79.7 cm³/mol. The van der Waals surface area contributed by atoms with Crippen molar-refractivity contribution in [3.63, 3.8) is 0 Å². The number of carboxylic acid groups (broad SMARTS) is 1. The minimum absolute atomic E-state index is 0.0680. The number of aromatic nitrogens is 1. The number of hydrogen-bond acceptors (Lipinski definition) is 5. The molecule has 21 heavy (non-hydrogen) atoms. The molecule has 0 aromatic carbocycles. The summed E-state index contributed by atoms with van der Waals surface area (Å²) >= 11 is 0. The number of aliphatic carboxylic acids is 1. The Kier molecular flexibility index (Phi) is 6.10. The molecule has 1 aromatic heterocycles. The monoisotopic (exact) mass is 315 g/mol. The van der Waals surface area contributed by atoms with E-state index < -0.39 is 22.0 Å². The summed E-state index contributed by atoms with van der Waals surface area (Å²) in [5.41, 5.74) is 0. The van der Waals surface area contributed by atoms with Crippen molar-refractivity contribution >= 4 is 21.8 Å². The molecule has 0 radical (unpaired) electrons. The van der Waals surface area contributed by atoms with Crippen molar-refractivity contribution < 1.29 is 18.3 Å². The lowest BCUT2D eigenvalue weighted by molar-refractivity contribution is -0.138. The maximum absolute atomic E-state index is 11.9. The number of carbonyl (C=O) groups is 1. The van der Waals surface area contributed by atoms with Gasteiger partial charge in [-0.15, -0.1) is 0 Å². The molecule has 0 spiro atoms. The summed E-state index contributed by atoms with van der Waals surface area (Å²) in [5.74, 6) is -0.605. The molecule has 1 unspecified atom stereocenters. The van der Waals surface area contributed by atoms with Crippen molar-refractivity contribution in [3.8, 4) is 0 Å². The van der Waals surface area contributed by atoms with Gasteiger partial charge in [-0.3, -0.25) is 0 Å². The molecule has 1 rings (SSSR count). The normalized spacial score (nSPS) is 13.1. The lowest BCUT2D eigenvalue weighted by atomic mass is 10.1. The summed E-state index contributed by atoms with van der Waals surface area (Å²) in [4.78, 5) is 15.2.